The monoisotopic (exact) mass is 481 g/mol. The van der Waals surface area contributed by atoms with Crippen LogP contribution in [0.5, 0.6) is 0 Å². The quantitative estimate of drug-likeness (QED) is 0.243. The van der Waals surface area contributed by atoms with Gasteiger partial charge in [-0.05, 0) is 87.0 Å². The van der Waals surface area contributed by atoms with Crippen LogP contribution in [0, 0.1) is 3.57 Å². The lowest BCUT2D eigenvalue weighted by Gasteiger charge is -2.19. The third-order valence-corrected chi connectivity index (χ3v) is 6.23. The van der Waals surface area contributed by atoms with Crippen molar-refractivity contribution in [1.82, 2.24) is 4.57 Å². The summed E-state index contributed by atoms with van der Waals surface area (Å²) in [4.78, 5) is 0. The highest BCUT2D eigenvalue weighted by atomic mass is 127. The molecule has 1 aromatic heterocycles. The first kappa shape index (κ1) is 19.5. The van der Waals surface area contributed by atoms with Crippen LogP contribution >= 0.6 is 22.6 Å². The summed E-state index contributed by atoms with van der Waals surface area (Å²) in [5.41, 5.74) is 6.79. The molecule has 3 aromatic carbocycles. The molecule has 0 fully saturated rings. The molecule has 4 aromatic rings. The van der Waals surface area contributed by atoms with Crippen molar-refractivity contribution in [3.8, 4) is 5.69 Å². The molecule has 4 rings (SSSR count). The summed E-state index contributed by atoms with van der Waals surface area (Å²) < 4.78 is 3.66. The van der Waals surface area contributed by atoms with Crippen molar-refractivity contribution in [2.24, 2.45) is 0 Å². The van der Waals surface area contributed by atoms with E-state index in [1.807, 2.05) is 0 Å². The van der Waals surface area contributed by atoms with Gasteiger partial charge in [0, 0.05) is 20.0 Å². The fourth-order valence-electron chi connectivity index (χ4n) is 3.85. The van der Waals surface area contributed by atoms with E-state index >= 15 is 0 Å². The predicted molar refractivity (Wildman–Crippen MR) is 131 cm³/mol. The molecule has 0 atom stereocenters. The van der Waals surface area contributed by atoms with Crippen LogP contribution in [0.1, 0.15) is 52.7 Å². The summed E-state index contributed by atoms with van der Waals surface area (Å²) in [5.74, 6) is 0. The van der Waals surface area contributed by atoms with Crippen molar-refractivity contribution in [3.05, 3.63) is 75.4 Å². The number of hydrogen-bond acceptors (Lipinski definition) is 0. The van der Waals surface area contributed by atoms with Crippen LogP contribution in [0.4, 0.5) is 0 Å². The van der Waals surface area contributed by atoms with Gasteiger partial charge >= 0.3 is 0 Å². The molecule has 0 spiro atoms. The van der Waals surface area contributed by atoms with Gasteiger partial charge in [-0.1, -0.05) is 59.7 Å². The van der Waals surface area contributed by atoms with E-state index in [4.69, 9.17) is 0 Å². The molecule has 0 unspecified atom stereocenters. The molecule has 144 valence electrons. The number of fused-ring (bicyclic) bond motifs is 3. The zero-order valence-electron chi connectivity index (χ0n) is 17.6. The van der Waals surface area contributed by atoms with Gasteiger partial charge in [0.25, 0.3) is 0 Å². The zero-order chi connectivity index (χ0) is 20.3. The number of aromatic nitrogens is 1. The van der Waals surface area contributed by atoms with E-state index in [9.17, 15) is 0 Å². The minimum absolute atomic E-state index is 0.131. The largest absolute Gasteiger partial charge is 0.309 e. The third-order valence-electron chi connectivity index (χ3n) is 5.56. The topological polar surface area (TPSA) is 4.93 Å². The Morgan fingerprint density at radius 2 is 1.14 bits per heavy atom. The molecule has 28 heavy (non-hydrogen) atoms. The lowest BCUT2D eigenvalue weighted by Crippen LogP contribution is -2.10. The fourth-order valence-corrected chi connectivity index (χ4v) is 4.38. The smallest absolute Gasteiger partial charge is 0.0541 e. The Labute approximate surface area is 181 Å². The van der Waals surface area contributed by atoms with Crippen LogP contribution in [0.3, 0.4) is 0 Å². The van der Waals surface area contributed by atoms with Crippen molar-refractivity contribution >= 4 is 44.4 Å². The SMILES string of the molecule is CC(C)(C)c1ccc2c(c1)c1cc(C(C)(C)C)ccc1n2-c1cccc(I)c1. The first-order valence-electron chi connectivity index (χ1n) is 9.91. The zero-order valence-corrected chi connectivity index (χ0v) is 19.8. The molecule has 0 aliphatic carbocycles. The van der Waals surface area contributed by atoms with Crippen LogP contribution in [0.15, 0.2) is 60.7 Å². The van der Waals surface area contributed by atoms with E-state index in [1.165, 1.54) is 42.2 Å². The normalized spacial score (nSPS) is 12.8. The molecule has 2 heteroatoms. The van der Waals surface area contributed by atoms with Crippen molar-refractivity contribution in [2.75, 3.05) is 0 Å². The minimum atomic E-state index is 0.131. The third kappa shape index (κ3) is 3.36. The summed E-state index contributed by atoms with van der Waals surface area (Å²) in [6.07, 6.45) is 0. The Kier molecular flexibility index (Phi) is 4.61. The number of rotatable bonds is 1. The van der Waals surface area contributed by atoms with E-state index in [-0.39, 0.29) is 10.8 Å². The van der Waals surface area contributed by atoms with Crippen LogP contribution in [0.2, 0.25) is 0 Å². The van der Waals surface area contributed by atoms with Gasteiger partial charge in [-0.3, -0.25) is 0 Å². The maximum absolute atomic E-state index is 2.41. The van der Waals surface area contributed by atoms with Crippen molar-refractivity contribution in [2.45, 2.75) is 52.4 Å². The second-order valence-corrected chi connectivity index (χ2v) is 11.0. The second-order valence-electron chi connectivity index (χ2n) is 9.78. The van der Waals surface area contributed by atoms with E-state index in [0.717, 1.165) is 0 Å². The Hall–Kier alpha value is -1.81. The molecule has 0 N–H and O–H groups in total. The second kappa shape index (κ2) is 6.62. The molecule has 1 nitrogen and oxygen atoms in total. The highest BCUT2D eigenvalue weighted by molar-refractivity contribution is 14.1. The molecule has 0 aliphatic heterocycles. The predicted octanol–water partition coefficient (Wildman–Crippen LogP) is 7.98. The minimum Gasteiger partial charge on any atom is -0.309 e. The number of benzene rings is 3. The van der Waals surface area contributed by atoms with Crippen molar-refractivity contribution in [3.63, 3.8) is 0 Å². The summed E-state index contributed by atoms with van der Waals surface area (Å²) in [6.45, 7) is 13.7. The standard InChI is InChI=1S/C26H28IN/c1-25(2,3)17-10-12-23-21(14-17)22-15-18(26(4,5)6)11-13-24(22)28(23)20-9-7-8-19(27)16-20/h7-16H,1-6H3. The lowest BCUT2D eigenvalue weighted by atomic mass is 9.85. The molecular weight excluding hydrogens is 453 g/mol. The van der Waals surface area contributed by atoms with E-state index in [1.54, 1.807) is 0 Å². The van der Waals surface area contributed by atoms with Gasteiger partial charge < -0.3 is 4.57 Å². The highest BCUT2D eigenvalue weighted by Crippen LogP contribution is 2.37. The van der Waals surface area contributed by atoms with E-state index in [2.05, 4.69) is 129 Å². The number of halogens is 1. The maximum Gasteiger partial charge on any atom is 0.0541 e. The fraction of sp³-hybridized carbons (Fsp3) is 0.308. The molecule has 0 radical (unpaired) electrons. The van der Waals surface area contributed by atoms with Gasteiger partial charge in [0.2, 0.25) is 0 Å². The van der Waals surface area contributed by atoms with Crippen LogP contribution in [0.25, 0.3) is 27.5 Å². The number of hydrogen-bond donors (Lipinski definition) is 0. The van der Waals surface area contributed by atoms with Gasteiger partial charge in [0.05, 0.1) is 11.0 Å². The summed E-state index contributed by atoms with van der Waals surface area (Å²) >= 11 is 2.40. The van der Waals surface area contributed by atoms with Crippen molar-refractivity contribution in [1.29, 1.82) is 0 Å². The van der Waals surface area contributed by atoms with Gasteiger partial charge in [-0.15, -0.1) is 0 Å². The average molecular weight is 481 g/mol. The molecular formula is C26H28IN. The van der Waals surface area contributed by atoms with Crippen LogP contribution < -0.4 is 0 Å². The molecule has 0 aliphatic rings. The Balaban J connectivity index is 2.13. The van der Waals surface area contributed by atoms with Crippen LogP contribution in [-0.4, -0.2) is 4.57 Å². The van der Waals surface area contributed by atoms with Gasteiger partial charge in [-0.2, -0.15) is 0 Å². The lowest BCUT2D eigenvalue weighted by molar-refractivity contribution is 0.590. The molecule has 0 bridgehead atoms. The molecule has 1 heterocycles. The molecule has 0 saturated carbocycles. The first-order valence-corrected chi connectivity index (χ1v) is 11.0. The van der Waals surface area contributed by atoms with E-state index < -0.39 is 0 Å². The van der Waals surface area contributed by atoms with Gasteiger partial charge in [-0.25, -0.2) is 0 Å². The van der Waals surface area contributed by atoms with Crippen molar-refractivity contribution < 1.29 is 0 Å². The maximum atomic E-state index is 2.41. The molecule has 0 saturated heterocycles. The summed E-state index contributed by atoms with van der Waals surface area (Å²) in [7, 11) is 0. The first-order chi connectivity index (χ1) is 13.1. The van der Waals surface area contributed by atoms with Gasteiger partial charge in [0.15, 0.2) is 0 Å². The van der Waals surface area contributed by atoms with E-state index in [0.29, 0.717) is 0 Å². The van der Waals surface area contributed by atoms with Gasteiger partial charge in [0.1, 0.15) is 0 Å². The average Bonchev–Trinajstić information content (AvgIpc) is 2.93. The Morgan fingerprint density at radius 1 is 0.643 bits per heavy atom. The Bertz CT molecular complexity index is 1110. The highest BCUT2D eigenvalue weighted by Gasteiger charge is 2.20. The molecule has 0 amide bonds. The number of nitrogens with zero attached hydrogens (tertiary/aromatic N) is 1. The summed E-state index contributed by atoms with van der Waals surface area (Å²) in [5, 5.41) is 2.68. The van der Waals surface area contributed by atoms with Crippen LogP contribution in [-0.2, 0) is 10.8 Å². The summed E-state index contributed by atoms with van der Waals surface area (Å²) in [6, 6.07) is 22.7. The Morgan fingerprint density at radius 3 is 1.57 bits per heavy atom.